The summed E-state index contributed by atoms with van der Waals surface area (Å²) in [6, 6.07) is 2.98. The summed E-state index contributed by atoms with van der Waals surface area (Å²) in [5.74, 6) is 0.979. The normalized spacial score (nSPS) is 19.6. The van der Waals surface area contributed by atoms with Crippen molar-refractivity contribution in [1.29, 1.82) is 0 Å². The van der Waals surface area contributed by atoms with Crippen LogP contribution in [0.3, 0.4) is 0 Å². The lowest BCUT2D eigenvalue weighted by Gasteiger charge is -2.22. The van der Waals surface area contributed by atoms with E-state index >= 15 is 0 Å². The second-order valence-corrected chi connectivity index (χ2v) is 6.53. The zero-order valence-corrected chi connectivity index (χ0v) is 12.5. The maximum Gasteiger partial charge on any atom is 0.00698 e. The zero-order chi connectivity index (χ0) is 12.6. The van der Waals surface area contributed by atoms with Crippen LogP contribution >= 0.6 is 11.3 Å². The van der Waals surface area contributed by atoms with Gasteiger partial charge in [-0.3, -0.25) is 0 Å². The van der Waals surface area contributed by atoms with Crippen molar-refractivity contribution in [2.24, 2.45) is 5.92 Å². The lowest BCUT2D eigenvalue weighted by atomic mass is 9.90. The Morgan fingerprint density at radius 1 is 1.28 bits per heavy atom. The second-order valence-electron chi connectivity index (χ2n) is 5.75. The molecular weight excluding hydrogens is 238 g/mol. The van der Waals surface area contributed by atoms with Gasteiger partial charge in [-0.25, -0.2) is 0 Å². The molecule has 0 amide bonds. The Morgan fingerprint density at radius 3 is 2.67 bits per heavy atom. The minimum absolute atomic E-state index is 0.716. The molecule has 0 saturated heterocycles. The van der Waals surface area contributed by atoms with Crippen LogP contribution in [0, 0.1) is 5.92 Å². The van der Waals surface area contributed by atoms with Gasteiger partial charge >= 0.3 is 0 Å². The number of thiophene rings is 1. The molecule has 0 spiro atoms. The maximum absolute atomic E-state index is 3.54. The standard InChI is InChI=1S/C16H27NS/c1-17-16(9-8-15-10-11-18-13-15)12-14-6-4-2-3-5-7-14/h10-11,13-14,16-17H,2-9,12H2,1H3. The first-order valence-corrected chi connectivity index (χ1v) is 8.51. The Kier molecular flexibility index (Phi) is 6.22. The van der Waals surface area contributed by atoms with Crippen LogP contribution in [0.2, 0.25) is 0 Å². The van der Waals surface area contributed by atoms with Crippen LogP contribution in [0.1, 0.15) is 56.9 Å². The molecule has 1 atom stereocenters. The van der Waals surface area contributed by atoms with Crippen LogP contribution in [0.4, 0.5) is 0 Å². The van der Waals surface area contributed by atoms with E-state index in [1.807, 2.05) is 11.3 Å². The largest absolute Gasteiger partial charge is 0.317 e. The van der Waals surface area contributed by atoms with E-state index in [0.29, 0.717) is 6.04 Å². The summed E-state index contributed by atoms with van der Waals surface area (Å²) in [4.78, 5) is 0. The highest BCUT2D eigenvalue weighted by Gasteiger charge is 2.17. The summed E-state index contributed by atoms with van der Waals surface area (Å²) in [6.07, 6.45) is 12.7. The summed E-state index contributed by atoms with van der Waals surface area (Å²) in [7, 11) is 2.13. The van der Waals surface area contributed by atoms with Gasteiger partial charge in [-0.05, 0) is 54.6 Å². The zero-order valence-electron chi connectivity index (χ0n) is 11.7. The van der Waals surface area contributed by atoms with E-state index in [2.05, 4.69) is 29.2 Å². The first kappa shape index (κ1) is 14.1. The predicted octanol–water partition coefficient (Wildman–Crippen LogP) is 4.63. The van der Waals surface area contributed by atoms with Gasteiger partial charge in [0, 0.05) is 6.04 Å². The molecule has 1 heterocycles. The van der Waals surface area contributed by atoms with Gasteiger partial charge < -0.3 is 5.32 Å². The molecule has 2 heteroatoms. The fourth-order valence-electron chi connectivity index (χ4n) is 3.16. The molecule has 0 aromatic carbocycles. The van der Waals surface area contributed by atoms with E-state index in [4.69, 9.17) is 0 Å². The molecule has 102 valence electrons. The summed E-state index contributed by atoms with van der Waals surface area (Å²) in [5.41, 5.74) is 1.51. The highest BCUT2D eigenvalue weighted by atomic mass is 32.1. The number of hydrogen-bond donors (Lipinski definition) is 1. The summed E-state index contributed by atoms with van der Waals surface area (Å²) in [5, 5.41) is 8.02. The van der Waals surface area contributed by atoms with Crippen molar-refractivity contribution in [3.8, 4) is 0 Å². The fraction of sp³-hybridized carbons (Fsp3) is 0.750. The monoisotopic (exact) mass is 265 g/mol. The van der Waals surface area contributed by atoms with E-state index in [1.54, 1.807) is 0 Å². The van der Waals surface area contributed by atoms with Gasteiger partial charge in [0.25, 0.3) is 0 Å². The van der Waals surface area contributed by atoms with E-state index in [-0.39, 0.29) is 0 Å². The number of aryl methyl sites for hydroxylation is 1. The van der Waals surface area contributed by atoms with E-state index in [1.165, 1.54) is 63.4 Å². The van der Waals surface area contributed by atoms with Crippen molar-refractivity contribution in [3.05, 3.63) is 22.4 Å². The van der Waals surface area contributed by atoms with Crippen LogP contribution in [-0.2, 0) is 6.42 Å². The third-order valence-electron chi connectivity index (χ3n) is 4.36. The minimum Gasteiger partial charge on any atom is -0.317 e. The van der Waals surface area contributed by atoms with Gasteiger partial charge in [0.1, 0.15) is 0 Å². The van der Waals surface area contributed by atoms with E-state index < -0.39 is 0 Å². The van der Waals surface area contributed by atoms with Crippen molar-refractivity contribution in [2.45, 2.75) is 63.8 Å². The van der Waals surface area contributed by atoms with Gasteiger partial charge in [-0.1, -0.05) is 38.5 Å². The first-order chi connectivity index (χ1) is 8.88. The van der Waals surface area contributed by atoms with Gasteiger partial charge in [-0.15, -0.1) is 0 Å². The molecule has 0 bridgehead atoms. The fourth-order valence-corrected chi connectivity index (χ4v) is 3.86. The van der Waals surface area contributed by atoms with Crippen LogP contribution in [0.5, 0.6) is 0 Å². The summed E-state index contributed by atoms with van der Waals surface area (Å²) >= 11 is 1.82. The Morgan fingerprint density at radius 2 is 2.06 bits per heavy atom. The summed E-state index contributed by atoms with van der Waals surface area (Å²) < 4.78 is 0. The molecule has 1 nitrogen and oxygen atoms in total. The average molecular weight is 265 g/mol. The Labute approximate surface area is 116 Å². The van der Waals surface area contributed by atoms with Crippen molar-refractivity contribution < 1.29 is 0 Å². The Hall–Kier alpha value is -0.340. The summed E-state index contributed by atoms with van der Waals surface area (Å²) in [6.45, 7) is 0. The van der Waals surface area contributed by atoms with Gasteiger partial charge in [0.15, 0.2) is 0 Å². The molecule has 18 heavy (non-hydrogen) atoms. The average Bonchev–Trinajstić information content (AvgIpc) is 2.78. The van der Waals surface area contributed by atoms with Crippen molar-refractivity contribution in [3.63, 3.8) is 0 Å². The Bertz CT molecular complexity index is 299. The van der Waals surface area contributed by atoms with Gasteiger partial charge in [0.05, 0.1) is 0 Å². The molecule has 1 aliphatic carbocycles. The van der Waals surface area contributed by atoms with Crippen molar-refractivity contribution in [2.75, 3.05) is 7.05 Å². The van der Waals surface area contributed by atoms with E-state index in [0.717, 1.165) is 5.92 Å². The molecular formula is C16H27NS. The predicted molar refractivity (Wildman–Crippen MR) is 81.3 cm³/mol. The quantitative estimate of drug-likeness (QED) is 0.740. The molecule has 1 aliphatic rings. The Balaban J connectivity index is 1.73. The molecule has 1 fully saturated rings. The number of nitrogens with one attached hydrogen (secondary N) is 1. The minimum atomic E-state index is 0.716. The van der Waals surface area contributed by atoms with Crippen LogP contribution in [0.25, 0.3) is 0 Å². The molecule has 0 aliphatic heterocycles. The van der Waals surface area contributed by atoms with Crippen LogP contribution in [-0.4, -0.2) is 13.1 Å². The molecule has 1 saturated carbocycles. The molecule has 1 aromatic rings. The third kappa shape index (κ3) is 4.74. The molecule has 1 N–H and O–H groups in total. The molecule has 0 radical (unpaired) electrons. The molecule has 1 aromatic heterocycles. The lowest BCUT2D eigenvalue weighted by molar-refractivity contribution is 0.351. The smallest absolute Gasteiger partial charge is 0.00698 e. The highest BCUT2D eigenvalue weighted by Crippen LogP contribution is 2.27. The highest BCUT2D eigenvalue weighted by molar-refractivity contribution is 7.07. The lowest BCUT2D eigenvalue weighted by Crippen LogP contribution is -2.28. The van der Waals surface area contributed by atoms with Crippen molar-refractivity contribution >= 4 is 11.3 Å². The SMILES string of the molecule is CNC(CCc1ccsc1)CC1CCCCCC1. The molecule has 1 unspecified atom stereocenters. The second kappa shape index (κ2) is 7.96. The van der Waals surface area contributed by atoms with E-state index in [9.17, 15) is 0 Å². The topological polar surface area (TPSA) is 12.0 Å². The van der Waals surface area contributed by atoms with Crippen LogP contribution < -0.4 is 5.32 Å². The van der Waals surface area contributed by atoms with Gasteiger partial charge in [0.2, 0.25) is 0 Å². The molecule has 2 rings (SSSR count). The third-order valence-corrected chi connectivity index (χ3v) is 5.09. The number of rotatable bonds is 6. The first-order valence-electron chi connectivity index (χ1n) is 7.57. The van der Waals surface area contributed by atoms with Crippen LogP contribution in [0.15, 0.2) is 16.8 Å². The number of hydrogen-bond acceptors (Lipinski definition) is 2. The van der Waals surface area contributed by atoms with Gasteiger partial charge in [-0.2, -0.15) is 11.3 Å². The van der Waals surface area contributed by atoms with Crippen molar-refractivity contribution in [1.82, 2.24) is 5.32 Å². The maximum atomic E-state index is 3.54.